The van der Waals surface area contributed by atoms with E-state index in [1.54, 1.807) is 29.5 Å². The third kappa shape index (κ3) is 4.73. The van der Waals surface area contributed by atoms with E-state index in [0.29, 0.717) is 41.5 Å². The van der Waals surface area contributed by atoms with E-state index in [4.69, 9.17) is 16.3 Å². The summed E-state index contributed by atoms with van der Waals surface area (Å²) in [4.78, 5) is 13.1. The number of anilines is 1. The quantitative estimate of drug-likeness (QED) is 0.805. The van der Waals surface area contributed by atoms with E-state index in [2.05, 4.69) is 5.32 Å². The van der Waals surface area contributed by atoms with Crippen LogP contribution in [0.15, 0.2) is 29.6 Å². The fraction of sp³-hybridized carbons (Fsp3) is 0.312. The van der Waals surface area contributed by atoms with Crippen LogP contribution < -0.4 is 10.1 Å². The van der Waals surface area contributed by atoms with Crippen LogP contribution in [0.2, 0.25) is 5.02 Å². The van der Waals surface area contributed by atoms with Gasteiger partial charge in [0, 0.05) is 27.9 Å². The molecule has 2 aromatic rings. The van der Waals surface area contributed by atoms with Gasteiger partial charge in [0.05, 0.1) is 18.2 Å². The molecule has 2 rings (SSSR count). The summed E-state index contributed by atoms with van der Waals surface area (Å²) < 4.78 is 5.41. The zero-order valence-electron chi connectivity index (χ0n) is 12.3. The number of hydrogen-bond acceptors (Lipinski definition) is 4. The second-order valence-electron chi connectivity index (χ2n) is 4.69. The number of carbonyl (C=O) groups excluding carboxylic acids is 1. The lowest BCUT2D eigenvalue weighted by Gasteiger charge is -2.11. The second-order valence-corrected chi connectivity index (χ2v) is 6.13. The number of hydrogen-bond donors (Lipinski definition) is 2. The van der Waals surface area contributed by atoms with Crippen LogP contribution in [0, 0.1) is 0 Å². The van der Waals surface area contributed by atoms with E-state index in [9.17, 15) is 9.90 Å². The Morgan fingerprint density at radius 3 is 2.86 bits per heavy atom. The third-order valence-electron chi connectivity index (χ3n) is 3.03. The van der Waals surface area contributed by atoms with Gasteiger partial charge in [0.25, 0.3) is 0 Å². The average Bonchev–Trinajstić information content (AvgIpc) is 2.92. The molecule has 118 valence electrons. The molecule has 1 heterocycles. The van der Waals surface area contributed by atoms with Crippen LogP contribution in [0.3, 0.4) is 0 Å². The molecule has 0 unspecified atom stereocenters. The molecule has 0 aliphatic carbocycles. The first-order chi connectivity index (χ1) is 10.6. The lowest BCUT2D eigenvalue weighted by molar-refractivity contribution is -0.116. The van der Waals surface area contributed by atoms with E-state index in [-0.39, 0.29) is 12.5 Å². The molecule has 1 amide bonds. The number of aryl methyl sites for hydroxylation is 1. The Balaban J connectivity index is 1.93. The van der Waals surface area contributed by atoms with Crippen LogP contribution in [-0.2, 0) is 17.8 Å². The van der Waals surface area contributed by atoms with Gasteiger partial charge in [0.1, 0.15) is 5.75 Å². The molecule has 0 aliphatic rings. The van der Waals surface area contributed by atoms with Crippen LogP contribution in [0.1, 0.15) is 23.8 Å². The number of ether oxygens (including phenoxy) is 1. The molecular weight excluding hydrogens is 322 g/mol. The number of rotatable bonds is 7. The van der Waals surface area contributed by atoms with E-state index >= 15 is 0 Å². The van der Waals surface area contributed by atoms with Crippen molar-refractivity contribution in [3.63, 3.8) is 0 Å². The number of thiophene rings is 1. The van der Waals surface area contributed by atoms with Crippen LogP contribution >= 0.6 is 22.9 Å². The van der Waals surface area contributed by atoms with Gasteiger partial charge in [-0.15, -0.1) is 11.3 Å². The van der Waals surface area contributed by atoms with Crippen molar-refractivity contribution in [1.82, 2.24) is 0 Å². The van der Waals surface area contributed by atoms with Crippen molar-refractivity contribution < 1.29 is 14.6 Å². The summed E-state index contributed by atoms with van der Waals surface area (Å²) in [5, 5.41) is 14.7. The Labute approximate surface area is 138 Å². The first-order valence-electron chi connectivity index (χ1n) is 7.01. The zero-order valence-corrected chi connectivity index (χ0v) is 13.8. The topological polar surface area (TPSA) is 58.6 Å². The summed E-state index contributed by atoms with van der Waals surface area (Å²) in [5.74, 6) is 0.564. The van der Waals surface area contributed by atoms with E-state index < -0.39 is 0 Å². The molecular formula is C16H18ClNO3S. The van der Waals surface area contributed by atoms with Gasteiger partial charge in [-0.1, -0.05) is 11.6 Å². The normalized spacial score (nSPS) is 10.5. The highest BCUT2D eigenvalue weighted by atomic mass is 35.5. The molecule has 4 nitrogen and oxygen atoms in total. The van der Waals surface area contributed by atoms with E-state index in [1.165, 1.54) is 0 Å². The largest absolute Gasteiger partial charge is 0.494 e. The van der Waals surface area contributed by atoms with Crippen LogP contribution in [0.25, 0.3) is 0 Å². The maximum Gasteiger partial charge on any atom is 0.224 e. The molecule has 0 radical (unpaired) electrons. The standard InChI is InChI=1S/C16H18ClNO3S/c1-2-21-15-5-3-13(7-11(15)9-19)18-16(20)6-4-14-8-12(17)10-22-14/h3,5,7-8,10,19H,2,4,6,9H2,1H3,(H,18,20). The summed E-state index contributed by atoms with van der Waals surface area (Å²) in [6.07, 6.45) is 1.05. The van der Waals surface area contributed by atoms with Crippen molar-refractivity contribution in [2.45, 2.75) is 26.4 Å². The number of carbonyl (C=O) groups is 1. The molecule has 22 heavy (non-hydrogen) atoms. The summed E-state index contributed by atoms with van der Waals surface area (Å²) in [6.45, 7) is 2.28. The third-order valence-corrected chi connectivity index (χ3v) is 4.38. The van der Waals surface area contributed by atoms with Crippen molar-refractivity contribution >= 4 is 34.5 Å². The Morgan fingerprint density at radius 1 is 1.41 bits per heavy atom. The minimum atomic E-state index is -0.132. The van der Waals surface area contributed by atoms with Crippen molar-refractivity contribution in [2.75, 3.05) is 11.9 Å². The SMILES string of the molecule is CCOc1ccc(NC(=O)CCc2cc(Cl)cs2)cc1CO. The highest BCUT2D eigenvalue weighted by Crippen LogP contribution is 2.24. The lowest BCUT2D eigenvalue weighted by atomic mass is 10.1. The van der Waals surface area contributed by atoms with Gasteiger partial charge < -0.3 is 15.2 Å². The summed E-state index contributed by atoms with van der Waals surface area (Å²) in [5.41, 5.74) is 1.31. The number of halogens is 1. The number of aliphatic hydroxyl groups is 1. The predicted molar refractivity (Wildman–Crippen MR) is 89.8 cm³/mol. The minimum Gasteiger partial charge on any atom is -0.494 e. The van der Waals surface area contributed by atoms with E-state index in [0.717, 1.165) is 4.88 Å². The minimum absolute atomic E-state index is 0.0717. The molecule has 2 N–H and O–H groups in total. The molecule has 6 heteroatoms. The second kappa shape index (κ2) is 8.17. The van der Waals surface area contributed by atoms with Gasteiger partial charge in [-0.25, -0.2) is 0 Å². The fourth-order valence-corrected chi connectivity index (χ4v) is 3.10. The molecule has 1 aromatic carbocycles. The van der Waals surface area contributed by atoms with Crippen LogP contribution in [-0.4, -0.2) is 17.6 Å². The number of benzene rings is 1. The van der Waals surface area contributed by atoms with Crippen molar-refractivity contribution in [1.29, 1.82) is 0 Å². The molecule has 0 atom stereocenters. The van der Waals surface area contributed by atoms with Gasteiger partial charge in [-0.3, -0.25) is 4.79 Å². The molecule has 0 spiro atoms. The Kier molecular flexibility index (Phi) is 6.24. The molecule has 1 aromatic heterocycles. The van der Waals surface area contributed by atoms with Gasteiger partial charge >= 0.3 is 0 Å². The van der Waals surface area contributed by atoms with Crippen LogP contribution in [0.4, 0.5) is 5.69 Å². The Bertz CT molecular complexity index is 642. The molecule has 0 saturated heterocycles. The Morgan fingerprint density at radius 2 is 2.23 bits per heavy atom. The van der Waals surface area contributed by atoms with Crippen molar-refractivity contribution in [3.8, 4) is 5.75 Å². The lowest BCUT2D eigenvalue weighted by Crippen LogP contribution is -2.12. The molecule has 0 aliphatic heterocycles. The average molecular weight is 340 g/mol. The maximum absolute atomic E-state index is 12.0. The highest BCUT2D eigenvalue weighted by Gasteiger charge is 2.08. The summed E-state index contributed by atoms with van der Waals surface area (Å²) in [6, 6.07) is 7.12. The summed E-state index contributed by atoms with van der Waals surface area (Å²) >= 11 is 7.40. The molecule has 0 fully saturated rings. The van der Waals surface area contributed by atoms with Gasteiger partial charge in [-0.2, -0.15) is 0 Å². The van der Waals surface area contributed by atoms with Crippen molar-refractivity contribution in [2.24, 2.45) is 0 Å². The van der Waals surface area contributed by atoms with Crippen molar-refractivity contribution in [3.05, 3.63) is 45.1 Å². The number of amides is 1. The first kappa shape index (κ1) is 16.8. The predicted octanol–water partition coefficient (Wildman–Crippen LogP) is 3.86. The monoisotopic (exact) mass is 339 g/mol. The molecule has 0 saturated carbocycles. The van der Waals surface area contributed by atoms with Gasteiger partial charge in [0.2, 0.25) is 5.91 Å². The molecule has 0 bridgehead atoms. The Hall–Kier alpha value is -1.56. The van der Waals surface area contributed by atoms with Crippen LogP contribution in [0.5, 0.6) is 5.75 Å². The number of nitrogens with one attached hydrogen (secondary N) is 1. The van der Waals surface area contributed by atoms with E-state index in [1.807, 2.05) is 18.4 Å². The smallest absolute Gasteiger partial charge is 0.224 e. The fourth-order valence-electron chi connectivity index (χ4n) is 2.02. The summed E-state index contributed by atoms with van der Waals surface area (Å²) in [7, 11) is 0. The maximum atomic E-state index is 12.0. The first-order valence-corrected chi connectivity index (χ1v) is 8.27. The zero-order chi connectivity index (χ0) is 15.9. The number of aliphatic hydroxyl groups excluding tert-OH is 1. The van der Waals surface area contributed by atoms with Gasteiger partial charge in [-0.05, 0) is 37.6 Å². The van der Waals surface area contributed by atoms with Gasteiger partial charge in [0.15, 0.2) is 0 Å². The highest BCUT2D eigenvalue weighted by molar-refractivity contribution is 7.10.